The largest absolute Gasteiger partial charge is 0.316 e. The molecule has 1 aromatic rings. The number of carbonyl (C=O) groups is 2. The third-order valence-electron chi connectivity index (χ3n) is 3.72. The van der Waals surface area contributed by atoms with Gasteiger partial charge in [-0.05, 0) is 44.0 Å². The van der Waals surface area contributed by atoms with Gasteiger partial charge < -0.3 is 5.32 Å². The van der Waals surface area contributed by atoms with Crippen LogP contribution < -0.4 is 5.32 Å². The molecule has 3 rings (SSSR count). The number of nitrogens with one attached hydrogen (secondary N) is 1. The van der Waals surface area contributed by atoms with Crippen molar-refractivity contribution in [3.63, 3.8) is 0 Å². The van der Waals surface area contributed by atoms with Gasteiger partial charge in [0.1, 0.15) is 0 Å². The van der Waals surface area contributed by atoms with Crippen LogP contribution in [0.2, 0.25) is 0 Å². The number of fused-ring (bicyclic) bond motifs is 1. The van der Waals surface area contributed by atoms with E-state index < -0.39 is 0 Å². The molecule has 2 heterocycles. The van der Waals surface area contributed by atoms with Gasteiger partial charge in [-0.1, -0.05) is 12.1 Å². The Labute approximate surface area is 106 Å². The SMILES string of the molecule is O=C1c2ccccc2C(=O)N1C[C@@H]1CCCNC1. The summed E-state index contributed by atoms with van der Waals surface area (Å²) in [5, 5.41) is 3.31. The van der Waals surface area contributed by atoms with Crippen LogP contribution in [0.3, 0.4) is 0 Å². The van der Waals surface area contributed by atoms with Crippen LogP contribution in [0.25, 0.3) is 0 Å². The van der Waals surface area contributed by atoms with Crippen LogP contribution in [-0.4, -0.2) is 36.3 Å². The molecule has 1 fully saturated rings. The quantitative estimate of drug-likeness (QED) is 0.797. The summed E-state index contributed by atoms with van der Waals surface area (Å²) in [6.07, 6.45) is 2.20. The van der Waals surface area contributed by atoms with Crippen molar-refractivity contribution in [2.24, 2.45) is 5.92 Å². The predicted octanol–water partition coefficient (Wildman–Crippen LogP) is 1.28. The van der Waals surface area contributed by atoms with Gasteiger partial charge in [-0.3, -0.25) is 14.5 Å². The van der Waals surface area contributed by atoms with Crippen LogP contribution >= 0.6 is 0 Å². The minimum absolute atomic E-state index is 0.138. The Hall–Kier alpha value is -1.68. The number of rotatable bonds is 2. The van der Waals surface area contributed by atoms with Crippen molar-refractivity contribution in [3.05, 3.63) is 35.4 Å². The number of imide groups is 1. The van der Waals surface area contributed by atoms with Gasteiger partial charge in [-0.2, -0.15) is 0 Å². The van der Waals surface area contributed by atoms with Gasteiger partial charge >= 0.3 is 0 Å². The van der Waals surface area contributed by atoms with Gasteiger partial charge in [0.05, 0.1) is 11.1 Å². The fraction of sp³-hybridized carbons (Fsp3) is 0.429. The lowest BCUT2D eigenvalue weighted by Crippen LogP contribution is -2.40. The number of hydrogen-bond acceptors (Lipinski definition) is 3. The standard InChI is InChI=1S/C14H16N2O2/c17-13-11-5-1-2-6-12(11)14(18)16(13)9-10-4-3-7-15-8-10/h1-2,5-6,10,15H,3-4,7-9H2/t10-/m1/s1. The van der Waals surface area contributed by atoms with E-state index in [9.17, 15) is 9.59 Å². The first-order chi connectivity index (χ1) is 8.77. The van der Waals surface area contributed by atoms with Crippen LogP contribution in [0, 0.1) is 5.92 Å². The van der Waals surface area contributed by atoms with Crippen molar-refractivity contribution in [1.29, 1.82) is 0 Å². The molecule has 1 atom stereocenters. The summed E-state index contributed by atoms with van der Waals surface area (Å²) in [6.45, 7) is 2.48. The van der Waals surface area contributed by atoms with Crippen molar-refractivity contribution < 1.29 is 9.59 Å². The monoisotopic (exact) mass is 244 g/mol. The Morgan fingerprint density at radius 1 is 1.17 bits per heavy atom. The molecule has 0 saturated carbocycles. The van der Waals surface area contributed by atoms with E-state index in [0.717, 1.165) is 25.9 Å². The third-order valence-corrected chi connectivity index (χ3v) is 3.72. The molecule has 1 N–H and O–H groups in total. The van der Waals surface area contributed by atoms with Crippen LogP contribution in [0.4, 0.5) is 0 Å². The van der Waals surface area contributed by atoms with Crippen LogP contribution in [0.5, 0.6) is 0 Å². The fourth-order valence-corrected chi connectivity index (χ4v) is 2.74. The summed E-state index contributed by atoms with van der Waals surface area (Å²) in [5.74, 6) is 0.114. The highest BCUT2D eigenvalue weighted by molar-refractivity contribution is 6.21. The smallest absolute Gasteiger partial charge is 0.261 e. The molecule has 0 bridgehead atoms. The van der Waals surface area contributed by atoms with E-state index in [0.29, 0.717) is 23.6 Å². The van der Waals surface area contributed by atoms with E-state index in [-0.39, 0.29) is 11.8 Å². The Bertz CT molecular complexity index is 457. The molecule has 0 aromatic heterocycles. The van der Waals surface area contributed by atoms with Gasteiger partial charge in [0.15, 0.2) is 0 Å². The normalized spacial score (nSPS) is 23.3. The number of hydrogen-bond donors (Lipinski definition) is 1. The van der Waals surface area contributed by atoms with Crippen molar-refractivity contribution >= 4 is 11.8 Å². The van der Waals surface area contributed by atoms with Gasteiger partial charge in [-0.25, -0.2) is 0 Å². The minimum atomic E-state index is -0.138. The van der Waals surface area contributed by atoms with E-state index >= 15 is 0 Å². The molecular formula is C14H16N2O2. The fourth-order valence-electron chi connectivity index (χ4n) is 2.74. The van der Waals surface area contributed by atoms with E-state index in [4.69, 9.17) is 0 Å². The van der Waals surface area contributed by atoms with Crippen LogP contribution in [0.15, 0.2) is 24.3 Å². The van der Waals surface area contributed by atoms with Crippen molar-refractivity contribution in [3.8, 4) is 0 Å². The average molecular weight is 244 g/mol. The molecule has 18 heavy (non-hydrogen) atoms. The second-order valence-electron chi connectivity index (χ2n) is 4.98. The first-order valence-electron chi connectivity index (χ1n) is 6.43. The highest BCUT2D eigenvalue weighted by Crippen LogP contribution is 2.24. The molecule has 4 heteroatoms. The Balaban J connectivity index is 1.79. The summed E-state index contributed by atoms with van der Waals surface area (Å²) < 4.78 is 0. The molecule has 4 nitrogen and oxygen atoms in total. The van der Waals surface area contributed by atoms with Gasteiger partial charge in [0, 0.05) is 6.54 Å². The highest BCUT2D eigenvalue weighted by Gasteiger charge is 2.36. The molecule has 0 aliphatic carbocycles. The molecular weight excluding hydrogens is 228 g/mol. The van der Waals surface area contributed by atoms with Crippen LogP contribution in [-0.2, 0) is 0 Å². The molecule has 2 amide bonds. The highest BCUT2D eigenvalue weighted by atomic mass is 16.2. The van der Waals surface area contributed by atoms with E-state index in [1.54, 1.807) is 24.3 Å². The molecule has 0 radical (unpaired) electrons. The topological polar surface area (TPSA) is 49.4 Å². The zero-order chi connectivity index (χ0) is 12.5. The molecule has 1 saturated heterocycles. The summed E-state index contributed by atoms with van der Waals surface area (Å²) >= 11 is 0. The van der Waals surface area contributed by atoms with Gasteiger partial charge in [0.2, 0.25) is 0 Å². The number of amides is 2. The predicted molar refractivity (Wildman–Crippen MR) is 67.4 cm³/mol. The number of benzene rings is 1. The van der Waals surface area contributed by atoms with E-state index in [1.807, 2.05) is 0 Å². The van der Waals surface area contributed by atoms with E-state index in [1.165, 1.54) is 4.90 Å². The maximum Gasteiger partial charge on any atom is 0.261 e. The third kappa shape index (κ3) is 1.82. The first kappa shape index (κ1) is 11.4. The second kappa shape index (κ2) is 4.53. The number of nitrogens with zero attached hydrogens (tertiary/aromatic N) is 1. The zero-order valence-corrected chi connectivity index (χ0v) is 10.2. The summed E-state index contributed by atoms with van der Waals surface area (Å²) in [4.78, 5) is 25.7. The van der Waals surface area contributed by atoms with Gasteiger partial charge in [0.25, 0.3) is 11.8 Å². The summed E-state index contributed by atoms with van der Waals surface area (Å²) in [7, 11) is 0. The lowest BCUT2D eigenvalue weighted by molar-refractivity contribution is 0.0621. The molecule has 94 valence electrons. The first-order valence-corrected chi connectivity index (χ1v) is 6.43. The average Bonchev–Trinajstić information content (AvgIpc) is 2.66. The van der Waals surface area contributed by atoms with Crippen molar-refractivity contribution in [1.82, 2.24) is 10.2 Å². The zero-order valence-electron chi connectivity index (χ0n) is 10.2. The second-order valence-corrected chi connectivity index (χ2v) is 4.98. The minimum Gasteiger partial charge on any atom is -0.316 e. The molecule has 0 spiro atoms. The summed E-state index contributed by atoms with van der Waals surface area (Å²) in [6, 6.07) is 7.06. The molecule has 1 aromatic carbocycles. The Kier molecular flexibility index (Phi) is 2.88. The Morgan fingerprint density at radius 3 is 2.39 bits per heavy atom. The number of carbonyl (C=O) groups excluding carboxylic acids is 2. The molecule has 2 aliphatic heterocycles. The summed E-state index contributed by atoms with van der Waals surface area (Å²) in [5.41, 5.74) is 1.09. The van der Waals surface area contributed by atoms with Crippen molar-refractivity contribution in [2.75, 3.05) is 19.6 Å². The van der Waals surface area contributed by atoms with Crippen molar-refractivity contribution in [2.45, 2.75) is 12.8 Å². The van der Waals surface area contributed by atoms with Crippen LogP contribution in [0.1, 0.15) is 33.6 Å². The maximum absolute atomic E-state index is 12.2. The molecule has 0 unspecified atom stereocenters. The number of piperidine rings is 1. The maximum atomic E-state index is 12.2. The van der Waals surface area contributed by atoms with Gasteiger partial charge in [-0.15, -0.1) is 0 Å². The lowest BCUT2D eigenvalue weighted by Gasteiger charge is -2.26. The lowest BCUT2D eigenvalue weighted by atomic mass is 9.99. The Morgan fingerprint density at radius 2 is 1.83 bits per heavy atom. The molecule has 2 aliphatic rings. The van der Waals surface area contributed by atoms with E-state index in [2.05, 4.69) is 5.32 Å².